The lowest BCUT2D eigenvalue weighted by Gasteiger charge is -2.54. The minimum absolute atomic E-state index is 0.450. The van der Waals surface area contributed by atoms with Crippen LogP contribution in [0.15, 0.2) is 60.7 Å². The van der Waals surface area contributed by atoms with E-state index in [0.29, 0.717) is 17.4 Å². The van der Waals surface area contributed by atoms with E-state index in [4.69, 9.17) is 4.74 Å². The molecule has 34 heavy (non-hydrogen) atoms. The molecule has 5 rings (SSSR count). The highest BCUT2D eigenvalue weighted by molar-refractivity contribution is 5.64. The van der Waals surface area contributed by atoms with E-state index in [0.717, 1.165) is 12.2 Å². The fraction of sp³-hybridized carbons (Fsp3) is 0.576. The van der Waals surface area contributed by atoms with Crippen LogP contribution in [0.25, 0.3) is 11.1 Å². The molecule has 2 aromatic carbocycles. The molecule has 0 radical (unpaired) electrons. The molecule has 0 amide bonds. The van der Waals surface area contributed by atoms with Gasteiger partial charge in [0, 0.05) is 0 Å². The molecule has 0 N–H and O–H groups in total. The smallest absolute Gasteiger partial charge is 0.119 e. The Morgan fingerprint density at radius 1 is 0.676 bits per heavy atom. The Bertz CT molecular complexity index is 865. The largest absolute Gasteiger partial charge is 0.490 e. The molecule has 0 aliphatic heterocycles. The van der Waals surface area contributed by atoms with Crippen LogP contribution < -0.4 is 4.74 Å². The molecule has 184 valence electrons. The molecule has 3 aliphatic carbocycles. The molecule has 0 unspecified atom stereocenters. The van der Waals surface area contributed by atoms with E-state index in [1.165, 1.54) is 94.6 Å². The Hall–Kier alpha value is -2.02. The first-order valence-electron chi connectivity index (χ1n) is 14.2. The van der Waals surface area contributed by atoms with Gasteiger partial charge in [-0.3, -0.25) is 0 Å². The molecular weight excluding hydrogens is 412 g/mol. The van der Waals surface area contributed by atoms with Gasteiger partial charge in [-0.2, -0.15) is 0 Å². The normalized spacial score (nSPS) is 24.1. The van der Waals surface area contributed by atoms with Gasteiger partial charge in [-0.05, 0) is 91.0 Å². The summed E-state index contributed by atoms with van der Waals surface area (Å²) in [6.45, 7) is 5.16. The molecule has 3 fully saturated rings. The Balaban J connectivity index is 1.30. The average molecular weight is 459 g/mol. The van der Waals surface area contributed by atoms with Crippen molar-refractivity contribution in [1.82, 2.24) is 0 Å². The SMILES string of the molecule is CCC/C=C/COc1ccc(-c2ccc(C34CCC(CCCCCCC)(CC3)CC4)cc2)cc1. The van der Waals surface area contributed by atoms with Crippen LogP contribution >= 0.6 is 0 Å². The number of hydrogen-bond donors (Lipinski definition) is 0. The van der Waals surface area contributed by atoms with Gasteiger partial charge < -0.3 is 4.74 Å². The van der Waals surface area contributed by atoms with Crippen molar-refractivity contribution in [2.24, 2.45) is 5.41 Å². The lowest BCUT2D eigenvalue weighted by molar-refractivity contribution is 0.0304. The second-order valence-electron chi connectivity index (χ2n) is 11.1. The molecule has 0 heterocycles. The summed E-state index contributed by atoms with van der Waals surface area (Å²) in [5.41, 5.74) is 5.30. The summed E-state index contributed by atoms with van der Waals surface area (Å²) in [7, 11) is 0. The van der Waals surface area contributed by atoms with Gasteiger partial charge in [0.15, 0.2) is 0 Å². The third kappa shape index (κ3) is 6.15. The first-order valence-corrected chi connectivity index (χ1v) is 14.2. The van der Waals surface area contributed by atoms with E-state index in [1.54, 1.807) is 5.56 Å². The van der Waals surface area contributed by atoms with Crippen molar-refractivity contribution in [2.45, 2.75) is 109 Å². The van der Waals surface area contributed by atoms with Gasteiger partial charge in [-0.1, -0.05) is 101 Å². The van der Waals surface area contributed by atoms with Gasteiger partial charge in [-0.15, -0.1) is 0 Å². The van der Waals surface area contributed by atoms with Crippen molar-refractivity contribution in [3.05, 3.63) is 66.2 Å². The number of benzene rings is 2. The van der Waals surface area contributed by atoms with Crippen LogP contribution in [0.2, 0.25) is 0 Å². The molecular formula is C33H46O. The van der Waals surface area contributed by atoms with Crippen molar-refractivity contribution in [1.29, 1.82) is 0 Å². The molecule has 0 spiro atoms. The van der Waals surface area contributed by atoms with Crippen molar-refractivity contribution in [3.63, 3.8) is 0 Å². The lowest BCUT2D eigenvalue weighted by atomic mass is 9.51. The lowest BCUT2D eigenvalue weighted by Crippen LogP contribution is -2.44. The second kappa shape index (κ2) is 12.1. The molecule has 3 aliphatic rings. The minimum atomic E-state index is 0.450. The third-order valence-electron chi connectivity index (χ3n) is 8.87. The fourth-order valence-electron chi connectivity index (χ4n) is 6.43. The van der Waals surface area contributed by atoms with Crippen LogP contribution in [-0.2, 0) is 5.41 Å². The molecule has 3 saturated carbocycles. The van der Waals surface area contributed by atoms with Crippen LogP contribution in [0, 0.1) is 5.41 Å². The molecule has 1 nitrogen and oxygen atoms in total. The zero-order chi connectivity index (χ0) is 23.7. The highest BCUT2D eigenvalue weighted by atomic mass is 16.5. The maximum Gasteiger partial charge on any atom is 0.119 e. The monoisotopic (exact) mass is 458 g/mol. The number of fused-ring (bicyclic) bond motifs is 3. The predicted octanol–water partition coefficient (Wildman–Crippen LogP) is 10.0. The quantitative estimate of drug-likeness (QED) is 0.214. The summed E-state index contributed by atoms with van der Waals surface area (Å²) in [6.07, 6.45) is 23.8. The standard InChI is InChI=1S/C33H46O/c1-3-5-7-9-10-20-32-21-24-33(25-22-32,26-23-32)30-16-12-28(13-17-30)29-14-18-31(19-15-29)34-27-11-8-6-4-2/h8,11-19H,3-7,9-10,20-27H2,1-2H3/b11-8+. The van der Waals surface area contributed by atoms with Crippen molar-refractivity contribution in [2.75, 3.05) is 6.61 Å². The number of unbranched alkanes of at least 4 members (excludes halogenated alkanes) is 5. The first-order chi connectivity index (χ1) is 16.7. The molecule has 0 aromatic heterocycles. The predicted molar refractivity (Wildman–Crippen MR) is 147 cm³/mol. The van der Waals surface area contributed by atoms with Crippen molar-refractivity contribution in [3.8, 4) is 16.9 Å². The average Bonchev–Trinajstić information content (AvgIpc) is 2.90. The third-order valence-corrected chi connectivity index (χ3v) is 8.87. The molecule has 1 heteroatoms. The van der Waals surface area contributed by atoms with E-state index >= 15 is 0 Å². The fourth-order valence-corrected chi connectivity index (χ4v) is 6.43. The number of rotatable bonds is 13. The maximum atomic E-state index is 5.84. The van der Waals surface area contributed by atoms with Crippen LogP contribution in [0.5, 0.6) is 5.75 Å². The topological polar surface area (TPSA) is 9.23 Å². The zero-order valence-electron chi connectivity index (χ0n) is 21.8. The molecule has 0 atom stereocenters. The van der Waals surface area contributed by atoms with Crippen LogP contribution in [0.4, 0.5) is 0 Å². The van der Waals surface area contributed by atoms with Gasteiger partial charge >= 0.3 is 0 Å². The molecule has 0 saturated heterocycles. The Kier molecular flexibility index (Phi) is 8.92. The summed E-state index contributed by atoms with van der Waals surface area (Å²) in [6, 6.07) is 18.1. The van der Waals surface area contributed by atoms with Crippen LogP contribution in [0.3, 0.4) is 0 Å². The number of hydrogen-bond acceptors (Lipinski definition) is 1. The summed E-state index contributed by atoms with van der Waals surface area (Å²) in [5.74, 6) is 0.943. The Morgan fingerprint density at radius 2 is 1.29 bits per heavy atom. The summed E-state index contributed by atoms with van der Waals surface area (Å²) in [5, 5.41) is 0. The van der Waals surface area contributed by atoms with E-state index in [9.17, 15) is 0 Å². The van der Waals surface area contributed by atoms with E-state index in [1.807, 2.05) is 0 Å². The molecule has 2 aromatic rings. The maximum absolute atomic E-state index is 5.84. The Labute approximate surface area is 209 Å². The zero-order valence-corrected chi connectivity index (χ0v) is 21.8. The van der Waals surface area contributed by atoms with Crippen LogP contribution in [-0.4, -0.2) is 6.61 Å². The highest BCUT2D eigenvalue weighted by Crippen LogP contribution is 2.59. The van der Waals surface area contributed by atoms with Crippen molar-refractivity contribution < 1.29 is 4.74 Å². The number of ether oxygens (including phenoxy) is 1. The van der Waals surface area contributed by atoms with E-state index < -0.39 is 0 Å². The molecule has 2 bridgehead atoms. The Morgan fingerprint density at radius 3 is 1.91 bits per heavy atom. The number of allylic oxidation sites excluding steroid dienone is 1. The van der Waals surface area contributed by atoms with Gasteiger partial charge in [0.05, 0.1) is 0 Å². The van der Waals surface area contributed by atoms with Gasteiger partial charge in [-0.25, -0.2) is 0 Å². The highest BCUT2D eigenvalue weighted by Gasteiger charge is 2.48. The summed E-state index contributed by atoms with van der Waals surface area (Å²) < 4.78 is 5.84. The van der Waals surface area contributed by atoms with Crippen LogP contribution in [0.1, 0.15) is 109 Å². The van der Waals surface area contributed by atoms with Gasteiger partial charge in [0.25, 0.3) is 0 Å². The van der Waals surface area contributed by atoms with E-state index in [-0.39, 0.29) is 0 Å². The van der Waals surface area contributed by atoms with Gasteiger partial charge in [0.1, 0.15) is 12.4 Å². The van der Waals surface area contributed by atoms with E-state index in [2.05, 4.69) is 74.5 Å². The minimum Gasteiger partial charge on any atom is -0.490 e. The van der Waals surface area contributed by atoms with Gasteiger partial charge in [0.2, 0.25) is 0 Å². The van der Waals surface area contributed by atoms with Crippen molar-refractivity contribution >= 4 is 0 Å². The first kappa shape index (κ1) is 25.1. The summed E-state index contributed by atoms with van der Waals surface area (Å²) >= 11 is 0. The summed E-state index contributed by atoms with van der Waals surface area (Å²) in [4.78, 5) is 0. The second-order valence-corrected chi connectivity index (χ2v) is 11.1.